The third-order valence-corrected chi connectivity index (χ3v) is 2.36. The molecule has 0 aliphatic rings. The quantitative estimate of drug-likeness (QED) is 0.878. The lowest BCUT2D eigenvalue weighted by atomic mass is 10.1. The highest BCUT2D eigenvalue weighted by molar-refractivity contribution is 5.39. The predicted octanol–water partition coefficient (Wildman–Crippen LogP) is 2.04. The van der Waals surface area contributed by atoms with E-state index in [2.05, 4.69) is 41.4 Å². The Balaban J connectivity index is 1.99. The molecule has 2 rings (SSSR count). The average Bonchev–Trinajstić information content (AvgIpc) is 2.76. The zero-order valence-corrected chi connectivity index (χ0v) is 10.4. The van der Waals surface area contributed by atoms with Gasteiger partial charge in [-0.15, -0.1) is 5.10 Å². The summed E-state index contributed by atoms with van der Waals surface area (Å²) in [6, 6.07) is 3.87. The first-order valence-electron chi connectivity index (χ1n) is 5.61. The Hall–Kier alpha value is -1.91. The Morgan fingerprint density at radius 2 is 2.18 bits per heavy atom. The third kappa shape index (κ3) is 3.03. The van der Waals surface area contributed by atoms with Crippen LogP contribution in [0.4, 0.5) is 5.69 Å². The molecule has 5 nitrogen and oxygen atoms in total. The lowest BCUT2D eigenvalue weighted by Crippen LogP contribution is -2.22. The van der Waals surface area contributed by atoms with Crippen molar-refractivity contribution in [3.05, 3.63) is 36.4 Å². The number of nitrogens with one attached hydrogen (secondary N) is 1. The van der Waals surface area contributed by atoms with E-state index in [1.807, 2.05) is 23.0 Å². The van der Waals surface area contributed by atoms with Crippen molar-refractivity contribution in [3.8, 4) is 0 Å². The molecule has 2 aromatic rings. The van der Waals surface area contributed by atoms with E-state index in [0.29, 0.717) is 6.54 Å². The molecule has 17 heavy (non-hydrogen) atoms. The number of anilines is 1. The van der Waals surface area contributed by atoms with Crippen LogP contribution in [0, 0.1) is 0 Å². The van der Waals surface area contributed by atoms with Gasteiger partial charge in [-0.05, 0) is 32.9 Å². The fourth-order valence-electron chi connectivity index (χ4n) is 1.37. The molecular weight excluding hydrogens is 214 g/mol. The van der Waals surface area contributed by atoms with Gasteiger partial charge in [-0.3, -0.25) is 4.98 Å². The highest BCUT2D eigenvalue weighted by Crippen LogP contribution is 2.12. The van der Waals surface area contributed by atoms with Crippen LogP contribution < -0.4 is 5.32 Å². The Morgan fingerprint density at radius 3 is 2.76 bits per heavy atom. The van der Waals surface area contributed by atoms with E-state index < -0.39 is 0 Å². The number of pyridine rings is 1. The van der Waals surface area contributed by atoms with Gasteiger partial charge >= 0.3 is 0 Å². The molecule has 1 N–H and O–H groups in total. The topological polar surface area (TPSA) is 55.6 Å². The maximum atomic E-state index is 4.13. The van der Waals surface area contributed by atoms with Gasteiger partial charge in [0.25, 0.3) is 0 Å². The largest absolute Gasteiger partial charge is 0.378 e. The van der Waals surface area contributed by atoms with Gasteiger partial charge in [0, 0.05) is 12.4 Å². The first kappa shape index (κ1) is 11.6. The lowest BCUT2D eigenvalue weighted by Gasteiger charge is -2.17. The van der Waals surface area contributed by atoms with Crippen LogP contribution in [0.3, 0.4) is 0 Å². The third-order valence-electron chi connectivity index (χ3n) is 2.36. The minimum Gasteiger partial charge on any atom is -0.378 e. The molecule has 0 bridgehead atoms. The van der Waals surface area contributed by atoms with Crippen LogP contribution >= 0.6 is 0 Å². The number of hydrogen-bond acceptors (Lipinski definition) is 4. The summed E-state index contributed by atoms with van der Waals surface area (Å²) < 4.78 is 1.87. The van der Waals surface area contributed by atoms with E-state index in [4.69, 9.17) is 0 Å². The van der Waals surface area contributed by atoms with Gasteiger partial charge in [-0.2, -0.15) is 0 Å². The van der Waals surface area contributed by atoms with Gasteiger partial charge in [-0.25, -0.2) is 4.68 Å². The second-order valence-electron chi connectivity index (χ2n) is 4.92. The highest BCUT2D eigenvalue weighted by Gasteiger charge is 2.14. The molecule has 0 fully saturated rings. The summed E-state index contributed by atoms with van der Waals surface area (Å²) >= 11 is 0. The standard InChI is InChI=1S/C12H17N5/c1-12(2,3)17-9-11(15-16-17)8-14-10-5-4-6-13-7-10/h4-7,9,14H,8H2,1-3H3. The van der Waals surface area contributed by atoms with E-state index in [1.54, 1.807) is 12.4 Å². The normalized spacial score (nSPS) is 11.5. The summed E-state index contributed by atoms with van der Waals surface area (Å²) in [5.74, 6) is 0. The smallest absolute Gasteiger partial charge is 0.102 e. The number of rotatable bonds is 3. The first-order chi connectivity index (χ1) is 8.05. The molecule has 0 atom stereocenters. The van der Waals surface area contributed by atoms with Crippen LogP contribution in [0.1, 0.15) is 26.5 Å². The number of hydrogen-bond donors (Lipinski definition) is 1. The molecule has 2 heterocycles. The van der Waals surface area contributed by atoms with Crippen molar-refractivity contribution in [3.63, 3.8) is 0 Å². The van der Waals surface area contributed by atoms with Crippen molar-refractivity contribution in [2.75, 3.05) is 5.32 Å². The van der Waals surface area contributed by atoms with E-state index >= 15 is 0 Å². The van der Waals surface area contributed by atoms with Crippen molar-refractivity contribution in [1.29, 1.82) is 0 Å². The molecule has 0 spiro atoms. The summed E-state index contributed by atoms with van der Waals surface area (Å²) in [6.45, 7) is 6.95. The monoisotopic (exact) mass is 231 g/mol. The van der Waals surface area contributed by atoms with E-state index in [9.17, 15) is 0 Å². The van der Waals surface area contributed by atoms with Gasteiger partial charge in [0.05, 0.1) is 24.0 Å². The Kier molecular flexibility index (Phi) is 3.08. The molecule has 0 radical (unpaired) electrons. The van der Waals surface area contributed by atoms with Gasteiger partial charge in [0.2, 0.25) is 0 Å². The molecule has 0 aliphatic heterocycles. The molecule has 5 heteroatoms. The fraction of sp³-hybridized carbons (Fsp3) is 0.417. The highest BCUT2D eigenvalue weighted by atomic mass is 15.4. The zero-order chi connectivity index (χ0) is 12.3. The van der Waals surface area contributed by atoms with E-state index in [-0.39, 0.29) is 5.54 Å². The van der Waals surface area contributed by atoms with Crippen LogP contribution in [0.5, 0.6) is 0 Å². The summed E-state index contributed by atoms with van der Waals surface area (Å²) in [5.41, 5.74) is 1.88. The van der Waals surface area contributed by atoms with Crippen LogP contribution in [0.15, 0.2) is 30.7 Å². The zero-order valence-electron chi connectivity index (χ0n) is 10.4. The first-order valence-corrected chi connectivity index (χ1v) is 5.61. The molecule has 0 saturated heterocycles. The Labute approximate surface area is 101 Å². The molecule has 0 aromatic carbocycles. The fourth-order valence-corrected chi connectivity index (χ4v) is 1.37. The van der Waals surface area contributed by atoms with Gasteiger partial charge in [-0.1, -0.05) is 5.21 Å². The van der Waals surface area contributed by atoms with E-state index in [0.717, 1.165) is 11.4 Å². The average molecular weight is 231 g/mol. The van der Waals surface area contributed by atoms with Crippen molar-refractivity contribution in [2.24, 2.45) is 0 Å². The minimum atomic E-state index is -0.0282. The summed E-state index contributed by atoms with van der Waals surface area (Å²) in [4.78, 5) is 4.04. The van der Waals surface area contributed by atoms with Crippen LogP contribution in [0.2, 0.25) is 0 Å². The molecule has 90 valence electrons. The van der Waals surface area contributed by atoms with Crippen molar-refractivity contribution < 1.29 is 0 Å². The molecule has 2 aromatic heterocycles. The second kappa shape index (κ2) is 4.53. The molecule has 0 aliphatic carbocycles. The molecule has 0 unspecified atom stereocenters. The molecule has 0 amide bonds. The van der Waals surface area contributed by atoms with Crippen LogP contribution in [-0.4, -0.2) is 20.0 Å². The SMILES string of the molecule is CC(C)(C)n1cc(CNc2cccnc2)nn1. The van der Waals surface area contributed by atoms with Crippen LogP contribution in [-0.2, 0) is 12.1 Å². The number of aromatic nitrogens is 4. The molecule has 0 saturated carbocycles. The summed E-state index contributed by atoms with van der Waals surface area (Å²) in [5, 5.41) is 11.5. The van der Waals surface area contributed by atoms with E-state index in [1.165, 1.54) is 0 Å². The predicted molar refractivity (Wildman–Crippen MR) is 66.6 cm³/mol. The van der Waals surface area contributed by atoms with Gasteiger partial charge in [0.15, 0.2) is 0 Å². The lowest BCUT2D eigenvalue weighted by molar-refractivity contribution is 0.347. The maximum absolute atomic E-state index is 4.13. The summed E-state index contributed by atoms with van der Waals surface area (Å²) in [7, 11) is 0. The Morgan fingerprint density at radius 1 is 1.35 bits per heavy atom. The minimum absolute atomic E-state index is 0.0282. The van der Waals surface area contributed by atoms with Crippen LogP contribution in [0.25, 0.3) is 0 Å². The van der Waals surface area contributed by atoms with Crippen molar-refractivity contribution >= 4 is 5.69 Å². The number of nitrogens with zero attached hydrogens (tertiary/aromatic N) is 4. The van der Waals surface area contributed by atoms with Gasteiger partial charge < -0.3 is 5.32 Å². The summed E-state index contributed by atoms with van der Waals surface area (Å²) in [6.07, 6.45) is 5.50. The molecular formula is C12H17N5. The second-order valence-corrected chi connectivity index (χ2v) is 4.92. The van der Waals surface area contributed by atoms with Crippen molar-refractivity contribution in [2.45, 2.75) is 32.9 Å². The Bertz CT molecular complexity index is 469. The van der Waals surface area contributed by atoms with Crippen molar-refractivity contribution in [1.82, 2.24) is 20.0 Å². The maximum Gasteiger partial charge on any atom is 0.102 e. The van der Waals surface area contributed by atoms with Gasteiger partial charge in [0.1, 0.15) is 5.69 Å².